The zero-order chi connectivity index (χ0) is 16.2. The number of nitrogens with zero attached hydrogens (tertiary/aromatic N) is 3. The van der Waals surface area contributed by atoms with E-state index in [9.17, 15) is 4.79 Å². The first-order valence-corrected chi connectivity index (χ1v) is 8.77. The van der Waals surface area contributed by atoms with E-state index in [0.717, 1.165) is 27.2 Å². The summed E-state index contributed by atoms with van der Waals surface area (Å²) in [7, 11) is 3.35. The monoisotopic (exact) mass is 345 g/mol. The summed E-state index contributed by atoms with van der Waals surface area (Å²) in [6.07, 6.45) is 3.72. The van der Waals surface area contributed by atoms with Gasteiger partial charge in [0.2, 0.25) is 0 Å². The van der Waals surface area contributed by atoms with Crippen LogP contribution in [-0.4, -0.2) is 27.6 Å². The maximum atomic E-state index is 11.4. The van der Waals surface area contributed by atoms with E-state index in [-0.39, 0.29) is 5.97 Å². The third-order valence-electron chi connectivity index (χ3n) is 3.23. The van der Waals surface area contributed by atoms with Crippen LogP contribution >= 0.6 is 23.1 Å². The Hall–Kier alpha value is -2.12. The Labute approximate surface area is 142 Å². The summed E-state index contributed by atoms with van der Waals surface area (Å²) in [4.78, 5) is 20.4. The van der Waals surface area contributed by atoms with Crippen molar-refractivity contribution < 1.29 is 9.53 Å². The average Bonchev–Trinajstić information content (AvgIpc) is 3.21. The molecule has 2 aromatic heterocycles. The third-order valence-corrected chi connectivity index (χ3v) is 5.26. The number of aromatic nitrogens is 3. The van der Waals surface area contributed by atoms with Crippen LogP contribution in [0.1, 0.15) is 16.1 Å². The van der Waals surface area contributed by atoms with Crippen molar-refractivity contribution >= 4 is 29.1 Å². The molecule has 5 nitrogen and oxygen atoms in total. The Bertz CT molecular complexity index is 809. The van der Waals surface area contributed by atoms with Crippen molar-refractivity contribution in [1.29, 1.82) is 0 Å². The predicted molar refractivity (Wildman–Crippen MR) is 91.7 cm³/mol. The number of carbonyl (C=O) groups excluding carboxylic acids is 1. The van der Waals surface area contributed by atoms with Crippen molar-refractivity contribution in [3.05, 3.63) is 53.3 Å². The Morgan fingerprint density at radius 2 is 2.13 bits per heavy atom. The molecule has 0 radical (unpaired) electrons. The number of hydrogen-bond acceptors (Lipinski definition) is 6. The second kappa shape index (κ2) is 6.97. The summed E-state index contributed by atoms with van der Waals surface area (Å²) in [6, 6.07) is 7.29. The fourth-order valence-corrected chi connectivity index (χ4v) is 3.76. The van der Waals surface area contributed by atoms with Crippen LogP contribution in [0.3, 0.4) is 0 Å². The van der Waals surface area contributed by atoms with E-state index in [1.165, 1.54) is 7.11 Å². The molecule has 0 N–H and O–H groups in total. The molecular formula is C16H15N3O2S2. The number of methoxy groups -OCH3 is 1. The average molecular weight is 345 g/mol. The predicted octanol–water partition coefficient (Wildman–Crippen LogP) is 3.62. The molecule has 3 rings (SSSR count). The van der Waals surface area contributed by atoms with Gasteiger partial charge in [-0.05, 0) is 12.1 Å². The first kappa shape index (κ1) is 15.8. The van der Waals surface area contributed by atoms with Crippen LogP contribution in [-0.2, 0) is 17.5 Å². The van der Waals surface area contributed by atoms with E-state index in [4.69, 9.17) is 4.74 Å². The van der Waals surface area contributed by atoms with Gasteiger partial charge in [-0.2, -0.15) is 0 Å². The first-order valence-electron chi connectivity index (χ1n) is 6.90. The lowest BCUT2D eigenvalue weighted by Gasteiger charge is -2.01. The van der Waals surface area contributed by atoms with Crippen molar-refractivity contribution in [2.45, 2.75) is 10.9 Å². The zero-order valence-electron chi connectivity index (χ0n) is 12.7. The number of aryl methyl sites for hydroxylation is 1. The lowest BCUT2D eigenvalue weighted by Crippen LogP contribution is -2.00. The topological polar surface area (TPSA) is 57.0 Å². The van der Waals surface area contributed by atoms with Gasteiger partial charge in [0.1, 0.15) is 5.01 Å². The minimum absolute atomic E-state index is 0.331. The summed E-state index contributed by atoms with van der Waals surface area (Å²) in [5.41, 5.74) is 2.56. The molecule has 1 aromatic carbocycles. The number of thioether (sulfide) groups is 1. The second-order valence-corrected chi connectivity index (χ2v) is 6.62. The summed E-state index contributed by atoms with van der Waals surface area (Å²) < 4.78 is 6.69. The van der Waals surface area contributed by atoms with E-state index < -0.39 is 0 Å². The summed E-state index contributed by atoms with van der Waals surface area (Å²) >= 11 is 3.26. The van der Waals surface area contributed by atoms with Crippen LogP contribution in [0.5, 0.6) is 0 Å². The smallest absolute Gasteiger partial charge is 0.337 e. The minimum Gasteiger partial charge on any atom is -0.465 e. The molecule has 0 saturated carbocycles. The van der Waals surface area contributed by atoms with E-state index in [1.54, 1.807) is 41.4 Å². The van der Waals surface area contributed by atoms with E-state index in [0.29, 0.717) is 5.56 Å². The molecular weight excluding hydrogens is 330 g/mol. The lowest BCUT2D eigenvalue weighted by molar-refractivity contribution is 0.0601. The molecule has 0 aliphatic rings. The maximum Gasteiger partial charge on any atom is 0.337 e. The van der Waals surface area contributed by atoms with Gasteiger partial charge < -0.3 is 9.30 Å². The van der Waals surface area contributed by atoms with Crippen LogP contribution in [0.4, 0.5) is 0 Å². The van der Waals surface area contributed by atoms with E-state index in [1.807, 2.05) is 29.9 Å². The number of rotatable bonds is 5. The minimum atomic E-state index is -0.331. The molecule has 0 atom stereocenters. The molecule has 0 unspecified atom stereocenters. The second-order valence-electron chi connectivity index (χ2n) is 4.82. The number of esters is 1. The molecule has 0 aliphatic heterocycles. The number of carbonyl (C=O) groups is 1. The number of benzene rings is 1. The molecule has 2 heterocycles. The highest BCUT2D eigenvalue weighted by atomic mass is 32.2. The lowest BCUT2D eigenvalue weighted by atomic mass is 10.1. The standard InChI is InChI=1S/C16H15N3O2S2/c1-19-8-7-17-16(19)23-10-13-9-22-14(18-13)11-3-5-12(6-4-11)15(20)21-2/h3-9H,10H2,1-2H3. The Balaban J connectivity index is 1.69. The van der Waals surface area contributed by atoms with Gasteiger partial charge in [0.05, 0.1) is 18.4 Å². The van der Waals surface area contributed by atoms with Crippen LogP contribution in [0.15, 0.2) is 47.2 Å². The van der Waals surface area contributed by atoms with Gasteiger partial charge in [0.15, 0.2) is 5.16 Å². The third kappa shape index (κ3) is 3.62. The highest BCUT2D eigenvalue weighted by molar-refractivity contribution is 7.98. The molecule has 0 amide bonds. The van der Waals surface area contributed by atoms with Gasteiger partial charge in [-0.1, -0.05) is 23.9 Å². The molecule has 7 heteroatoms. The zero-order valence-corrected chi connectivity index (χ0v) is 14.4. The molecule has 0 saturated heterocycles. The quantitative estimate of drug-likeness (QED) is 0.522. The number of hydrogen-bond donors (Lipinski definition) is 0. The van der Waals surface area contributed by atoms with E-state index in [2.05, 4.69) is 15.3 Å². The van der Waals surface area contributed by atoms with Crippen molar-refractivity contribution in [1.82, 2.24) is 14.5 Å². The Kier molecular flexibility index (Phi) is 4.78. The normalized spacial score (nSPS) is 10.7. The van der Waals surface area contributed by atoms with Gasteiger partial charge in [-0.15, -0.1) is 11.3 Å². The fraction of sp³-hybridized carbons (Fsp3) is 0.188. The maximum absolute atomic E-state index is 11.4. The molecule has 0 spiro atoms. The SMILES string of the molecule is COC(=O)c1ccc(-c2nc(CSc3nccn3C)cs2)cc1. The number of ether oxygens (including phenoxy) is 1. The first-order chi connectivity index (χ1) is 11.2. The van der Waals surface area contributed by atoms with Crippen LogP contribution < -0.4 is 0 Å². The van der Waals surface area contributed by atoms with Crippen molar-refractivity contribution in [2.24, 2.45) is 7.05 Å². The molecule has 0 fully saturated rings. The molecule has 23 heavy (non-hydrogen) atoms. The van der Waals surface area contributed by atoms with Crippen LogP contribution in [0.25, 0.3) is 10.6 Å². The summed E-state index contributed by atoms with van der Waals surface area (Å²) in [5, 5.41) is 3.97. The largest absolute Gasteiger partial charge is 0.465 e. The van der Waals surface area contributed by atoms with Crippen LogP contribution in [0, 0.1) is 0 Å². The molecule has 118 valence electrons. The summed E-state index contributed by atoms with van der Waals surface area (Å²) in [6.45, 7) is 0. The van der Waals surface area contributed by atoms with Crippen molar-refractivity contribution in [2.75, 3.05) is 7.11 Å². The van der Waals surface area contributed by atoms with Gasteiger partial charge in [-0.25, -0.2) is 14.8 Å². The van der Waals surface area contributed by atoms with Crippen molar-refractivity contribution in [3.8, 4) is 10.6 Å². The summed E-state index contributed by atoms with van der Waals surface area (Å²) in [5.74, 6) is 0.449. The van der Waals surface area contributed by atoms with Gasteiger partial charge >= 0.3 is 5.97 Å². The van der Waals surface area contributed by atoms with Crippen molar-refractivity contribution in [3.63, 3.8) is 0 Å². The molecule has 0 bridgehead atoms. The highest BCUT2D eigenvalue weighted by Gasteiger charge is 2.09. The van der Waals surface area contributed by atoms with Gasteiger partial charge in [0.25, 0.3) is 0 Å². The fourth-order valence-electron chi connectivity index (χ4n) is 2.00. The Morgan fingerprint density at radius 1 is 1.35 bits per heavy atom. The Morgan fingerprint density at radius 3 is 2.78 bits per heavy atom. The molecule has 3 aromatic rings. The van der Waals surface area contributed by atoms with Gasteiger partial charge in [0, 0.05) is 36.1 Å². The highest BCUT2D eigenvalue weighted by Crippen LogP contribution is 2.27. The number of thiazole rings is 1. The van der Waals surface area contributed by atoms with Gasteiger partial charge in [-0.3, -0.25) is 0 Å². The molecule has 0 aliphatic carbocycles. The van der Waals surface area contributed by atoms with E-state index >= 15 is 0 Å². The van der Waals surface area contributed by atoms with Crippen LogP contribution in [0.2, 0.25) is 0 Å². The number of imidazole rings is 1.